The lowest BCUT2D eigenvalue weighted by atomic mass is 10.2. The summed E-state index contributed by atoms with van der Waals surface area (Å²) >= 11 is 0. The first-order valence-electron chi connectivity index (χ1n) is 7.80. The van der Waals surface area contributed by atoms with Crippen LogP contribution in [0.1, 0.15) is 11.5 Å². The molecule has 2 aromatic heterocycles. The highest BCUT2D eigenvalue weighted by molar-refractivity contribution is 5.92. The van der Waals surface area contributed by atoms with Gasteiger partial charge in [-0.2, -0.15) is 5.10 Å². The van der Waals surface area contributed by atoms with Crippen LogP contribution in [-0.2, 0) is 11.3 Å². The van der Waals surface area contributed by atoms with E-state index in [0.717, 1.165) is 4.68 Å². The number of nitrogens with one attached hydrogen (secondary N) is 1. The molecule has 1 amide bonds. The maximum absolute atomic E-state index is 12.5. The summed E-state index contributed by atoms with van der Waals surface area (Å²) in [5.41, 5.74) is 0.655. The second kappa shape index (κ2) is 6.87. The van der Waals surface area contributed by atoms with Gasteiger partial charge in [0.05, 0.1) is 31.0 Å². The highest BCUT2D eigenvalue weighted by Crippen LogP contribution is 2.28. The fourth-order valence-corrected chi connectivity index (χ4v) is 2.69. The van der Waals surface area contributed by atoms with E-state index < -0.39 is 11.5 Å². The third-order valence-electron chi connectivity index (χ3n) is 3.91. The second-order valence-corrected chi connectivity index (χ2v) is 5.62. The van der Waals surface area contributed by atoms with Crippen molar-refractivity contribution in [3.05, 3.63) is 40.0 Å². The summed E-state index contributed by atoms with van der Waals surface area (Å²) in [5.74, 6) is 1.11. The Morgan fingerprint density at radius 1 is 1.27 bits per heavy atom. The first kappa shape index (κ1) is 17.5. The van der Waals surface area contributed by atoms with Crippen molar-refractivity contribution < 1.29 is 18.8 Å². The van der Waals surface area contributed by atoms with E-state index >= 15 is 0 Å². The summed E-state index contributed by atoms with van der Waals surface area (Å²) in [6.45, 7) is 3.16. The molecule has 3 aromatic rings. The quantitative estimate of drug-likeness (QED) is 0.739. The number of carbonyl (C=O) groups excluding carboxylic acids is 1. The van der Waals surface area contributed by atoms with Crippen LogP contribution in [0.25, 0.3) is 10.9 Å². The van der Waals surface area contributed by atoms with Crippen LogP contribution in [0.4, 0.5) is 5.69 Å². The molecular formula is C17H18N4O5. The third-order valence-corrected chi connectivity index (χ3v) is 3.91. The summed E-state index contributed by atoms with van der Waals surface area (Å²) < 4.78 is 16.5. The molecule has 0 aliphatic rings. The first-order valence-corrected chi connectivity index (χ1v) is 7.80. The van der Waals surface area contributed by atoms with Gasteiger partial charge in [0, 0.05) is 6.07 Å². The van der Waals surface area contributed by atoms with E-state index in [1.807, 2.05) is 0 Å². The molecule has 0 atom stereocenters. The molecular weight excluding hydrogens is 340 g/mol. The van der Waals surface area contributed by atoms with Crippen molar-refractivity contribution in [2.75, 3.05) is 19.5 Å². The largest absolute Gasteiger partial charge is 0.497 e. The highest BCUT2D eigenvalue weighted by Gasteiger charge is 2.17. The molecule has 26 heavy (non-hydrogen) atoms. The number of carbonyl (C=O) groups is 1. The maximum Gasteiger partial charge on any atom is 0.297 e. The van der Waals surface area contributed by atoms with Crippen LogP contribution in [0.15, 0.2) is 27.5 Å². The predicted octanol–water partition coefficient (Wildman–Crippen LogP) is 1.66. The van der Waals surface area contributed by atoms with Crippen LogP contribution in [-0.4, -0.2) is 35.1 Å². The van der Waals surface area contributed by atoms with Crippen molar-refractivity contribution in [2.24, 2.45) is 0 Å². The number of hydrogen-bond acceptors (Lipinski definition) is 7. The Kier molecular flexibility index (Phi) is 4.61. The Balaban J connectivity index is 1.88. The van der Waals surface area contributed by atoms with Crippen LogP contribution in [0.5, 0.6) is 11.5 Å². The Labute approximate surface area is 148 Å². The number of fused-ring (bicyclic) bond motifs is 1. The van der Waals surface area contributed by atoms with Gasteiger partial charge in [-0.25, -0.2) is 4.68 Å². The van der Waals surface area contributed by atoms with Gasteiger partial charge in [0.1, 0.15) is 23.8 Å². The SMILES string of the molecule is COc1ccc(OC)c(NC(=O)Cn2nc(C)c3c(C)onc3c2=O)c1. The summed E-state index contributed by atoms with van der Waals surface area (Å²) in [6, 6.07) is 5.01. The van der Waals surface area contributed by atoms with E-state index in [-0.39, 0.29) is 12.1 Å². The molecule has 0 radical (unpaired) electrons. The van der Waals surface area contributed by atoms with E-state index in [1.54, 1.807) is 32.0 Å². The number of aromatic nitrogens is 3. The van der Waals surface area contributed by atoms with Crippen LogP contribution in [0.2, 0.25) is 0 Å². The van der Waals surface area contributed by atoms with E-state index in [9.17, 15) is 9.59 Å². The van der Waals surface area contributed by atoms with E-state index in [1.165, 1.54) is 14.2 Å². The van der Waals surface area contributed by atoms with Gasteiger partial charge in [0.2, 0.25) is 5.91 Å². The van der Waals surface area contributed by atoms with Crippen LogP contribution in [0.3, 0.4) is 0 Å². The number of anilines is 1. The Hall–Kier alpha value is -3.36. The van der Waals surface area contributed by atoms with Crippen molar-refractivity contribution in [3.63, 3.8) is 0 Å². The Bertz CT molecular complexity index is 1040. The number of hydrogen-bond donors (Lipinski definition) is 1. The van der Waals surface area contributed by atoms with Gasteiger partial charge in [0.15, 0.2) is 5.52 Å². The normalized spacial score (nSPS) is 10.8. The smallest absolute Gasteiger partial charge is 0.297 e. The minimum atomic E-state index is -0.491. The molecule has 1 aromatic carbocycles. The average Bonchev–Trinajstić information content (AvgIpc) is 3.01. The van der Waals surface area contributed by atoms with Crippen LogP contribution < -0.4 is 20.3 Å². The zero-order valence-electron chi connectivity index (χ0n) is 14.8. The number of rotatable bonds is 5. The molecule has 136 valence electrons. The fraction of sp³-hybridized carbons (Fsp3) is 0.294. The third kappa shape index (κ3) is 3.10. The molecule has 2 heterocycles. The van der Waals surface area contributed by atoms with E-state index in [0.29, 0.717) is 34.0 Å². The molecule has 0 saturated carbocycles. The lowest BCUT2D eigenvalue weighted by molar-refractivity contribution is -0.117. The number of nitrogens with zero attached hydrogens (tertiary/aromatic N) is 3. The number of benzene rings is 1. The molecule has 9 nitrogen and oxygen atoms in total. The minimum absolute atomic E-state index is 0.154. The topological polar surface area (TPSA) is 108 Å². The number of methoxy groups -OCH3 is 2. The van der Waals surface area contributed by atoms with Gasteiger partial charge >= 0.3 is 0 Å². The van der Waals surface area contributed by atoms with Gasteiger partial charge in [-0.1, -0.05) is 5.16 Å². The molecule has 0 fully saturated rings. The summed E-state index contributed by atoms with van der Waals surface area (Å²) in [7, 11) is 3.02. The molecule has 0 unspecified atom stereocenters. The second-order valence-electron chi connectivity index (χ2n) is 5.62. The van der Waals surface area contributed by atoms with Crippen molar-refractivity contribution in [1.29, 1.82) is 0 Å². The number of amides is 1. The van der Waals surface area contributed by atoms with Gasteiger partial charge in [-0.15, -0.1) is 0 Å². The number of aryl methyl sites for hydroxylation is 2. The Morgan fingerprint density at radius 3 is 2.73 bits per heavy atom. The minimum Gasteiger partial charge on any atom is -0.497 e. The zero-order valence-corrected chi connectivity index (χ0v) is 14.8. The molecule has 1 N–H and O–H groups in total. The predicted molar refractivity (Wildman–Crippen MR) is 93.7 cm³/mol. The molecule has 9 heteroatoms. The highest BCUT2D eigenvalue weighted by atomic mass is 16.5. The van der Waals surface area contributed by atoms with E-state index in [4.69, 9.17) is 14.0 Å². The molecule has 0 spiro atoms. The average molecular weight is 358 g/mol. The molecule has 0 saturated heterocycles. The maximum atomic E-state index is 12.5. The van der Waals surface area contributed by atoms with Crippen molar-refractivity contribution in [1.82, 2.24) is 14.9 Å². The van der Waals surface area contributed by atoms with Gasteiger partial charge in [-0.3, -0.25) is 9.59 Å². The zero-order chi connectivity index (χ0) is 18.8. The lowest BCUT2D eigenvalue weighted by Crippen LogP contribution is -2.30. The van der Waals surface area contributed by atoms with E-state index in [2.05, 4.69) is 15.6 Å². The van der Waals surface area contributed by atoms with Gasteiger partial charge in [0.25, 0.3) is 5.56 Å². The van der Waals surface area contributed by atoms with Crippen LogP contribution >= 0.6 is 0 Å². The van der Waals surface area contributed by atoms with Gasteiger partial charge < -0.3 is 19.3 Å². The summed E-state index contributed by atoms with van der Waals surface area (Å²) in [4.78, 5) is 24.9. The van der Waals surface area contributed by atoms with Crippen LogP contribution in [0, 0.1) is 13.8 Å². The molecule has 0 aliphatic heterocycles. The summed E-state index contributed by atoms with van der Waals surface area (Å²) in [6.07, 6.45) is 0. The lowest BCUT2D eigenvalue weighted by Gasteiger charge is -2.12. The standard InChI is InChI=1S/C17H18N4O5/c1-9-15-10(2)26-20-16(15)17(23)21(19-9)8-14(22)18-12-7-11(24-3)5-6-13(12)25-4/h5-7H,8H2,1-4H3,(H,18,22). The molecule has 0 aliphatic carbocycles. The Morgan fingerprint density at radius 2 is 2.04 bits per heavy atom. The van der Waals surface area contributed by atoms with Crippen molar-refractivity contribution in [2.45, 2.75) is 20.4 Å². The van der Waals surface area contributed by atoms with Crippen molar-refractivity contribution in [3.8, 4) is 11.5 Å². The first-order chi connectivity index (χ1) is 12.4. The fourth-order valence-electron chi connectivity index (χ4n) is 2.69. The van der Waals surface area contributed by atoms with Crippen molar-refractivity contribution >= 4 is 22.5 Å². The molecule has 0 bridgehead atoms. The monoisotopic (exact) mass is 358 g/mol. The number of ether oxygens (including phenoxy) is 2. The van der Waals surface area contributed by atoms with Gasteiger partial charge in [-0.05, 0) is 26.0 Å². The summed E-state index contributed by atoms with van der Waals surface area (Å²) in [5, 5.41) is 11.2. The molecule has 3 rings (SSSR count).